The molecule has 3 aromatic rings. The Hall–Kier alpha value is -3.10. The molecule has 1 aliphatic rings. The SMILES string of the molecule is COc1ccc(/C(O)=C2/C(=O)C(=O)N(Cc3cccs3)C2c2cccc(O)c2)cc1Br. The minimum atomic E-state index is -0.838. The van der Waals surface area contributed by atoms with E-state index < -0.39 is 17.7 Å². The van der Waals surface area contributed by atoms with Gasteiger partial charge in [-0.1, -0.05) is 18.2 Å². The smallest absolute Gasteiger partial charge is 0.295 e. The number of hydrogen-bond acceptors (Lipinski definition) is 6. The molecule has 0 bridgehead atoms. The lowest BCUT2D eigenvalue weighted by Gasteiger charge is -2.25. The van der Waals surface area contributed by atoms with Crippen LogP contribution >= 0.6 is 27.3 Å². The number of phenols is 1. The van der Waals surface area contributed by atoms with Gasteiger partial charge in [-0.3, -0.25) is 9.59 Å². The van der Waals surface area contributed by atoms with Gasteiger partial charge in [0, 0.05) is 10.4 Å². The van der Waals surface area contributed by atoms with Gasteiger partial charge >= 0.3 is 0 Å². The van der Waals surface area contributed by atoms with Gasteiger partial charge in [-0.05, 0) is 63.3 Å². The third kappa shape index (κ3) is 3.96. The summed E-state index contributed by atoms with van der Waals surface area (Å²) in [5.74, 6) is -1.18. The van der Waals surface area contributed by atoms with E-state index in [1.807, 2.05) is 17.5 Å². The molecule has 31 heavy (non-hydrogen) atoms. The molecule has 0 radical (unpaired) electrons. The number of ether oxygens (including phenoxy) is 1. The highest BCUT2D eigenvalue weighted by molar-refractivity contribution is 9.10. The molecule has 0 aliphatic carbocycles. The molecule has 2 N–H and O–H groups in total. The van der Waals surface area contributed by atoms with E-state index >= 15 is 0 Å². The van der Waals surface area contributed by atoms with Gasteiger partial charge in [-0.2, -0.15) is 0 Å². The molecule has 0 spiro atoms. The van der Waals surface area contributed by atoms with Crippen molar-refractivity contribution in [3.8, 4) is 11.5 Å². The topological polar surface area (TPSA) is 87.1 Å². The van der Waals surface area contributed by atoms with E-state index in [1.54, 1.807) is 30.3 Å². The number of benzene rings is 2. The van der Waals surface area contributed by atoms with Crippen molar-refractivity contribution in [2.45, 2.75) is 12.6 Å². The average molecular weight is 500 g/mol. The summed E-state index contributed by atoms with van der Waals surface area (Å²) in [6.45, 7) is 0.214. The van der Waals surface area contributed by atoms with Crippen LogP contribution in [0.3, 0.4) is 0 Å². The number of carbonyl (C=O) groups is 2. The summed E-state index contributed by atoms with van der Waals surface area (Å²) in [7, 11) is 1.53. The van der Waals surface area contributed by atoms with Crippen molar-refractivity contribution in [2.75, 3.05) is 7.11 Å². The van der Waals surface area contributed by atoms with E-state index in [1.165, 1.54) is 35.5 Å². The number of thiophene rings is 1. The molecule has 2 aromatic carbocycles. The number of Topliss-reactive ketones (excluding diaryl/α,β-unsaturated/α-hetero) is 1. The Kier molecular flexibility index (Phi) is 5.84. The molecule has 1 aromatic heterocycles. The molecule has 1 aliphatic heterocycles. The van der Waals surface area contributed by atoms with Gasteiger partial charge in [-0.25, -0.2) is 0 Å². The Labute approximate surface area is 191 Å². The normalized spacial score (nSPS) is 17.9. The second-order valence-electron chi connectivity index (χ2n) is 6.95. The fraction of sp³-hybridized carbons (Fsp3) is 0.130. The molecular formula is C23H18BrNO5S. The third-order valence-electron chi connectivity index (χ3n) is 5.06. The van der Waals surface area contributed by atoms with E-state index in [2.05, 4.69) is 15.9 Å². The highest BCUT2D eigenvalue weighted by Gasteiger charge is 2.46. The van der Waals surface area contributed by atoms with Crippen LogP contribution in [0.1, 0.15) is 22.0 Å². The van der Waals surface area contributed by atoms with Gasteiger partial charge in [0.1, 0.15) is 17.3 Å². The maximum atomic E-state index is 13.0. The number of amides is 1. The Morgan fingerprint density at radius 1 is 1.16 bits per heavy atom. The molecule has 0 saturated carbocycles. The highest BCUT2D eigenvalue weighted by atomic mass is 79.9. The van der Waals surface area contributed by atoms with Crippen molar-refractivity contribution in [3.63, 3.8) is 0 Å². The van der Waals surface area contributed by atoms with Crippen LogP contribution in [0, 0.1) is 0 Å². The number of likely N-dealkylation sites (tertiary alicyclic amines) is 1. The molecule has 2 heterocycles. The largest absolute Gasteiger partial charge is 0.508 e. The molecule has 6 nitrogen and oxygen atoms in total. The zero-order valence-corrected chi connectivity index (χ0v) is 18.8. The van der Waals surface area contributed by atoms with Crippen molar-refractivity contribution in [1.29, 1.82) is 0 Å². The Balaban J connectivity index is 1.87. The maximum absolute atomic E-state index is 13.0. The number of aliphatic hydroxyl groups excluding tert-OH is 1. The van der Waals surface area contributed by atoms with E-state index in [-0.39, 0.29) is 23.6 Å². The van der Waals surface area contributed by atoms with Gasteiger partial charge in [0.25, 0.3) is 11.7 Å². The molecular weight excluding hydrogens is 482 g/mol. The number of methoxy groups -OCH3 is 1. The Morgan fingerprint density at radius 2 is 1.97 bits per heavy atom. The average Bonchev–Trinajstić information content (AvgIpc) is 3.35. The monoisotopic (exact) mass is 499 g/mol. The van der Waals surface area contributed by atoms with Gasteiger partial charge in [0.05, 0.1) is 29.7 Å². The molecule has 1 atom stereocenters. The second kappa shape index (κ2) is 8.56. The van der Waals surface area contributed by atoms with Gasteiger partial charge < -0.3 is 19.8 Å². The first-order chi connectivity index (χ1) is 14.9. The van der Waals surface area contributed by atoms with Crippen molar-refractivity contribution >= 4 is 44.7 Å². The number of aliphatic hydroxyl groups is 1. The van der Waals surface area contributed by atoms with Crippen LogP contribution in [0.25, 0.3) is 5.76 Å². The number of carbonyl (C=O) groups excluding carboxylic acids is 2. The van der Waals surface area contributed by atoms with Crippen molar-refractivity contribution in [1.82, 2.24) is 4.90 Å². The fourth-order valence-electron chi connectivity index (χ4n) is 3.62. The summed E-state index contributed by atoms with van der Waals surface area (Å²) in [6.07, 6.45) is 0. The van der Waals surface area contributed by atoms with Gasteiger partial charge in [0.15, 0.2) is 0 Å². The molecule has 1 amide bonds. The molecule has 1 saturated heterocycles. The molecule has 8 heteroatoms. The van der Waals surface area contributed by atoms with E-state index in [0.29, 0.717) is 21.3 Å². The molecule has 4 rings (SSSR count). The first-order valence-electron chi connectivity index (χ1n) is 9.34. The van der Waals surface area contributed by atoms with Crippen LogP contribution in [0.15, 0.2) is 70.0 Å². The van der Waals surface area contributed by atoms with Crippen LogP contribution in [0.4, 0.5) is 0 Å². The lowest BCUT2D eigenvalue weighted by Crippen LogP contribution is -2.28. The maximum Gasteiger partial charge on any atom is 0.295 e. The van der Waals surface area contributed by atoms with Crippen LogP contribution in [-0.4, -0.2) is 33.9 Å². The first kappa shape index (κ1) is 21.1. The summed E-state index contributed by atoms with van der Waals surface area (Å²) >= 11 is 4.85. The third-order valence-corrected chi connectivity index (χ3v) is 6.54. The minimum Gasteiger partial charge on any atom is -0.508 e. The molecule has 1 unspecified atom stereocenters. The summed E-state index contributed by atoms with van der Waals surface area (Å²) < 4.78 is 5.82. The van der Waals surface area contributed by atoms with E-state index in [0.717, 1.165) is 4.88 Å². The number of phenolic OH excluding ortho intramolecular Hbond substituents is 1. The standard InChI is InChI=1S/C23H18BrNO5S/c1-30-18-8-7-14(11-17(18)24)21(27)19-20(13-4-2-5-15(26)10-13)25(23(29)22(19)28)12-16-6-3-9-31-16/h2-11,20,26-27H,12H2,1H3/b21-19-. The number of aromatic hydroxyl groups is 1. The predicted molar refractivity (Wildman–Crippen MR) is 121 cm³/mol. The van der Waals surface area contributed by atoms with Crippen LogP contribution in [0.2, 0.25) is 0 Å². The number of hydrogen-bond donors (Lipinski definition) is 2. The highest BCUT2D eigenvalue weighted by Crippen LogP contribution is 2.42. The van der Waals surface area contributed by atoms with Crippen molar-refractivity contribution in [3.05, 3.63) is 86.0 Å². The van der Waals surface area contributed by atoms with Crippen LogP contribution in [-0.2, 0) is 16.1 Å². The van der Waals surface area contributed by atoms with Crippen LogP contribution in [0.5, 0.6) is 11.5 Å². The summed E-state index contributed by atoms with van der Waals surface area (Å²) in [6, 6.07) is 14.2. The predicted octanol–water partition coefficient (Wildman–Crippen LogP) is 4.85. The number of nitrogens with zero attached hydrogens (tertiary/aromatic N) is 1. The zero-order valence-electron chi connectivity index (χ0n) is 16.4. The molecule has 1 fully saturated rings. The lowest BCUT2D eigenvalue weighted by atomic mass is 9.95. The van der Waals surface area contributed by atoms with Crippen molar-refractivity contribution in [2.24, 2.45) is 0 Å². The quantitative estimate of drug-likeness (QED) is 0.297. The van der Waals surface area contributed by atoms with Crippen LogP contribution < -0.4 is 4.74 Å². The zero-order chi connectivity index (χ0) is 22.1. The number of rotatable bonds is 5. The van der Waals surface area contributed by atoms with Crippen molar-refractivity contribution < 1.29 is 24.5 Å². The fourth-order valence-corrected chi connectivity index (χ4v) is 4.87. The summed E-state index contributed by atoms with van der Waals surface area (Å²) in [4.78, 5) is 28.3. The Morgan fingerprint density at radius 3 is 2.61 bits per heavy atom. The molecule has 158 valence electrons. The number of halogens is 1. The second-order valence-corrected chi connectivity index (χ2v) is 8.84. The lowest BCUT2D eigenvalue weighted by molar-refractivity contribution is -0.140. The van der Waals surface area contributed by atoms with Gasteiger partial charge in [0.2, 0.25) is 0 Å². The number of ketones is 1. The first-order valence-corrected chi connectivity index (χ1v) is 11.0. The minimum absolute atomic E-state index is 0.00593. The van der Waals surface area contributed by atoms with Gasteiger partial charge in [-0.15, -0.1) is 11.3 Å². The Bertz CT molecular complexity index is 1190. The summed E-state index contributed by atoms with van der Waals surface area (Å²) in [5.41, 5.74) is 0.876. The summed E-state index contributed by atoms with van der Waals surface area (Å²) in [5, 5.41) is 23.0. The van der Waals surface area contributed by atoms with E-state index in [4.69, 9.17) is 4.74 Å². The van der Waals surface area contributed by atoms with E-state index in [9.17, 15) is 19.8 Å².